The van der Waals surface area contributed by atoms with Gasteiger partial charge in [-0.25, -0.2) is 4.79 Å². The standard InChI is InChI=1S/C8H9NO3S/c1-8-2-4(13)6(7(11)12)9(8)5(10)3-8/h13H,2-3H2,1H3,(H,11,12). The Bertz CT molecular complexity index is 349. The summed E-state index contributed by atoms with van der Waals surface area (Å²) in [6, 6.07) is 0. The van der Waals surface area contributed by atoms with Crippen molar-refractivity contribution in [2.45, 2.75) is 25.3 Å². The molecule has 0 spiro atoms. The van der Waals surface area contributed by atoms with Crippen LogP contribution in [-0.4, -0.2) is 27.4 Å². The van der Waals surface area contributed by atoms with Crippen molar-refractivity contribution in [3.63, 3.8) is 0 Å². The molecule has 1 fully saturated rings. The first-order valence-electron chi connectivity index (χ1n) is 3.94. The quantitative estimate of drug-likeness (QED) is 0.480. The Morgan fingerprint density at radius 2 is 2.23 bits per heavy atom. The number of rotatable bonds is 1. The van der Waals surface area contributed by atoms with E-state index in [-0.39, 0.29) is 17.1 Å². The first kappa shape index (κ1) is 8.62. The van der Waals surface area contributed by atoms with E-state index in [1.54, 1.807) is 0 Å². The Kier molecular flexibility index (Phi) is 1.52. The molecule has 70 valence electrons. The van der Waals surface area contributed by atoms with Crippen LogP contribution >= 0.6 is 12.6 Å². The van der Waals surface area contributed by atoms with Gasteiger partial charge in [-0.05, 0) is 6.92 Å². The Balaban J connectivity index is 2.41. The Morgan fingerprint density at radius 1 is 1.62 bits per heavy atom. The predicted molar refractivity (Wildman–Crippen MR) is 48.1 cm³/mol. The van der Waals surface area contributed by atoms with E-state index in [4.69, 9.17) is 5.11 Å². The maximum absolute atomic E-state index is 11.2. The lowest BCUT2D eigenvalue weighted by Gasteiger charge is -2.45. The third-order valence-electron chi connectivity index (χ3n) is 2.57. The molecule has 1 N–H and O–H groups in total. The molecular weight excluding hydrogens is 190 g/mol. The maximum Gasteiger partial charge on any atom is 0.353 e. The highest BCUT2D eigenvalue weighted by atomic mass is 32.1. The average Bonchev–Trinajstić information content (AvgIpc) is 2.17. The molecule has 2 aliphatic heterocycles. The van der Waals surface area contributed by atoms with Crippen LogP contribution in [0.5, 0.6) is 0 Å². The van der Waals surface area contributed by atoms with Gasteiger partial charge in [-0.3, -0.25) is 9.69 Å². The molecule has 1 saturated heterocycles. The van der Waals surface area contributed by atoms with Crippen LogP contribution in [0.1, 0.15) is 19.8 Å². The van der Waals surface area contributed by atoms with Crippen molar-refractivity contribution in [2.75, 3.05) is 0 Å². The van der Waals surface area contributed by atoms with Gasteiger partial charge in [0.25, 0.3) is 0 Å². The molecule has 2 aliphatic rings. The summed E-state index contributed by atoms with van der Waals surface area (Å²) in [4.78, 5) is 23.8. The van der Waals surface area contributed by atoms with Crippen LogP contribution in [-0.2, 0) is 9.59 Å². The van der Waals surface area contributed by atoms with Crippen LogP contribution < -0.4 is 0 Å². The van der Waals surface area contributed by atoms with E-state index < -0.39 is 5.97 Å². The summed E-state index contributed by atoms with van der Waals surface area (Å²) in [5.74, 6) is -1.19. The Labute approximate surface area is 80.6 Å². The van der Waals surface area contributed by atoms with Gasteiger partial charge in [0.15, 0.2) is 0 Å². The second-order valence-corrected chi connectivity index (χ2v) is 4.22. The van der Waals surface area contributed by atoms with Gasteiger partial charge in [0.2, 0.25) is 5.91 Å². The summed E-state index contributed by atoms with van der Waals surface area (Å²) in [5, 5.41) is 8.84. The molecular formula is C8H9NO3S. The highest BCUT2D eigenvalue weighted by Gasteiger charge is 2.55. The predicted octanol–water partition coefficient (Wildman–Crippen LogP) is 0.607. The number of nitrogens with zero attached hydrogens (tertiary/aromatic N) is 1. The fourth-order valence-corrected chi connectivity index (χ4v) is 2.56. The zero-order chi connectivity index (χ0) is 9.80. The third kappa shape index (κ3) is 0.934. The Morgan fingerprint density at radius 3 is 2.62 bits per heavy atom. The van der Waals surface area contributed by atoms with E-state index in [1.807, 2.05) is 6.92 Å². The summed E-state index contributed by atoms with van der Waals surface area (Å²) in [6.45, 7) is 1.88. The van der Waals surface area contributed by atoms with E-state index in [0.717, 1.165) is 0 Å². The van der Waals surface area contributed by atoms with Crippen molar-refractivity contribution in [3.8, 4) is 0 Å². The molecule has 0 aromatic heterocycles. The first-order chi connectivity index (χ1) is 5.96. The highest BCUT2D eigenvalue weighted by Crippen LogP contribution is 2.47. The lowest BCUT2D eigenvalue weighted by atomic mass is 9.86. The van der Waals surface area contributed by atoms with Crippen molar-refractivity contribution in [2.24, 2.45) is 0 Å². The van der Waals surface area contributed by atoms with Gasteiger partial charge in [0, 0.05) is 11.3 Å². The molecule has 4 nitrogen and oxygen atoms in total. The molecule has 0 aromatic rings. The van der Waals surface area contributed by atoms with Gasteiger partial charge < -0.3 is 5.11 Å². The number of carbonyl (C=O) groups excluding carboxylic acids is 1. The number of carboxylic acid groups (broad SMARTS) is 1. The van der Waals surface area contributed by atoms with Crippen molar-refractivity contribution in [3.05, 3.63) is 10.6 Å². The molecule has 0 bridgehead atoms. The van der Waals surface area contributed by atoms with Crippen molar-refractivity contribution >= 4 is 24.5 Å². The topological polar surface area (TPSA) is 57.6 Å². The van der Waals surface area contributed by atoms with E-state index >= 15 is 0 Å². The molecule has 0 aromatic carbocycles. The number of β-lactam (4-membered cyclic amide) rings is 1. The number of hydrogen-bond donors (Lipinski definition) is 2. The lowest BCUT2D eigenvalue weighted by molar-refractivity contribution is -0.153. The number of aliphatic carboxylic acids is 1. The zero-order valence-electron chi connectivity index (χ0n) is 7.07. The minimum absolute atomic E-state index is 0.0575. The summed E-state index contributed by atoms with van der Waals surface area (Å²) >= 11 is 4.09. The molecule has 13 heavy (non-hydrogen) atoms. The maximum atomic E-state index is 11.2. The molecule has 2 rings (SSSR count). The minimum Gasteiger partial charge on any atom is -0.477 e. The molecule has 1 amide bonds. The van der Waals surface area contributed by atoms with Gasteiger partial charge in [0.1, 0.15) is 5.70 Å². The fraction of sp³-hybridized carbons (Fsp3) is 0.500. The summed E-state index contributed by atoms with van der Waals surface area (Å²) in [7, 11) is 0. The van der Waals surface area contributed by atoms with Gasteiger partial charge in [0.05, 0.1) is 12.0 Å². The molecule has 0 radical (unpaired) electrons. The summed E-state index contributed by atoms with van der Waals surface area (Å²) in [5.41, 5.74) is -0.260. The molecule has 0 saturated carbocycles. The van der Waals surface area contributed by atoms with E-state index in [2.05, 4.69) is 12.6 Å². The monoisotopic (exact) mass is 199 g/mol. The van der Waals surface area contributed by atoms with Gasteiger partial charge in [-0.2, -0.15) is 0 Å². The molecule has 1 unspecified atom stereocenters. The van der Waals surface area contributed by atoms with Gasteiger partial charge in [-0.1, -0.05) is 0 Å². The lowest BCUT2D eigenvalue weighted by Crippen LogP contribution is -2.58. The SMILES string of the molecule is CC12CC(=O)N1C(C(=O)O)=C(S)C2. The van der Waals surface area contributed by atoms with Crippen LogP contribution in [0.4, 0.5) is 0 Å². The second kappa shape index (κ2) is 2.29. The van der Waals surface area contributed by atoms with Crippen LogP contribution in [0.15, 0.2) is 10.6 Å². The van der Waals surface area contributed by atoms with Crippen molar-refractivity contribution in [1.29, 1.82) is 0 Å². The third-order valence-corrected chi connectivity index (χ3v) is 2.94. The smallest absolute Gasteiger partial charge is 0.353 e. The van der Waals surface area contributed by atoms with Crippen LogP contribution in [0, 0.1) is 0 Å². The summed E-state index contributed by atoms with van der Waals surface area (Å²) in [6.07, 6.45) is 0.983. The number of thiol groups is 1. The normalized spacial score (nSPS) is 31.8. The van der Waals surface area contributed by atoms with Crippen molar-refractivity contribution < 1.29 is 14.7 Å². The molecule has 0 aliphatic carbocycles. The Hall–Kier alpha value is -0.970. The molecule has 2 heterocycles. The highest BCUT2D eigenvalue weighted by molar-refractivity contribution is 7.84. The molecule has 1 atom stereocenters. The number of carbonyl (C=O) groups is 2. The zero-order valence-corrected chi connectivity index (χ0v) is 7.97. The van der Waals surface area contributed by atoms with E-state index in [0.29, 0.717) is 17.7 Å². The van der Waals surface area contributed by atoms with E-state index in [1.165, 1.54) is 4.90 Å². The second-order valence-electron chi connectivity index (χ2n) is 3.68. The van der Waals surface area contributed by atoms with E-state index in [9.17, 15) is 9.59 Å². The number of hydrogen-bond acceptors (Lipinski definition) is 3. The minimum atomic E-state index is -1.07. The molecule has 5 heteroatoms. The largest absolute Gasteiger partial charge is 0.477 e. The number of amides is 1. The van der Waals surface area contributed by atoms with Gasteiger partial charge in [-0.15, -0.1) is 12.6 Å². The first-order valence-corrected chi connectivity index (χ1v) is 4.39. The average molecular weight is 199 g/mol. The fourth-order valence-electron chi connectivity index (χ4n) is 2.02. The van der Waals surface area contributed by atoms with Crippen LogP contribution in [0.25, 0.3) is 0 Å². The van der Waals surface area contributed by atoms with Gasteiger partial charge >= 0.3 is 5.97 Å². The van der Waals surface area contributed by atoms with Crippen LogP contribution in [0.2, 0.25) is 0 Å². The van der Waals surface area contributed by atoms with Crippen LogP contribution in [0.3, 0.4) is 0 Å². The number of carboxylic acids is 1. The number of fused-ring (bicyclic) bond motifs is 1. The van der Waals surface area contributed by atoms with Crippen molar-refractivity contribution in [1.82, 2.24) is 4.90 Å². The summed E-state index contributed by atoms with van der Waals surface area (Å²) < 4.78 is 0.